The van der Waals surface area contributed by atoms with Gasteiger partial charge in [0.05, 0.1) is 6.21 Å². The third-order valence-electron chi connectivity index (χ3n) is 1.91. The molecule has 0 aliphatic rings. The molecule has 0 heterocycles. The fraction of sp³-hybridized carbons (Fsp3) is 0.273. The number of phenols is 1. The highest BCUT2D eigenvalue weighted by Crippen LogP contribution is 2.19. The van der Waals surface area contributed by atoms with Crippen molar-refractivity contribution in [1.29, 1.82) is 0 Å². The molecule has 6 heteroatoms. The fourth-order valence-electron chi connectivity index (χ4n) is 0.926. The van der Waals surface area contributed by atoms with Gasteiger partial charge in [-0.15, -0.1) is 0 Å². The highest BCUT2D eigenvalue weighted by Gasteiger charge is 2.22. The zero-order chi connectivity index (χ0) is 13.1. The van der Waals surface area contributed by atoms with Crippen molar-refractivity contribution in [2.45, 2.75) is 19.4 Å². The number of nitrogens with one attached hydrogen (secondary N) is 1. The first-order valence-corrected chi connectivity index (χ1v) is 5.23. The third-order valence-corrected chi connectivity index (χ3v) is 2.15. The highest BCUT2D eigenvalue weighted by atomic mass is 35.5. The monoisotopic (exact) mass is 256 g/mol. The number of carbonyl (C=O) groups excluding carboxylic acids is 1. The number of phenolic OH excluding ortho intramolecular Hbond substituents is 1. The first kappa shape index (κ1) is 13.5. The van der Waals surface area contributed by atoms with Crippen LogP contribution in [0.25, 0.3) is 0 Å². The van der Waals surface area contributed by atoms with Crippen LogP contribution in [0.15, 0.2) is 23.3 Å². The maximum absolute atomic E-state index is 11.2. The third kappa shape index (κ3) is 4.05. The SMILES string of the molecule is CC(C)(O)C(=O)N/N=C/c1cc(Cl)ccc1O. The molecule has 0 radical (unpaired) electrons. The van der Waals surface area contributed by atoms with Crippen LogP contribution in [0.5, 0.6) is 5.75 Å². The molecule has 0 unspecified atom stereocenters. The van der Waals surface area contributed by atoms with Gasteiger partial charge in [0.2, 0.25) is 0 Å². The number of amides is 1. The van der Waals surface area contributed by atoms with Gasteiger partial charge >= 0.3 is 0 Å². The van der Waals surface area contributed by atoms with Crippen LogP contribution in [0.3, 0.4) is 0 Å². The van der Waals surface area contributed by atoms with Gasteiger partial charge in [-0.25, -0.2) is 5.43 Å². The molecule has 0 aromatic heterocycles. The molecule has 0 bridgehead atoms. The molecule has 0 saturated carbocycles. The highest BCUT2D eigenvalue weighted by molar-refractivity contribution is 6.30. The molecule has 0 saturated heterocycles. The molecule has 1 amide bonds. The van der Waals surface area contributed by atoms with Crippen molar-refractivity contribution >= 4 is 23.7 Å². The number of carbonyl (C=O) groups is 1. The maximum atomic E-state index is 11.2. The lowest BCUT2D eigenvalue weighted by Crippen LogP contribution is -2.39. The van der Waals surface area contributed by atoms with E-state index in [0.29, 0.717) is 10.6 Å². The molecule has 0 atom stereocenters. The largest absolute Gasteiger partial charge is 0.507 e. The number of benzene rings is 1. The summed E-state index contributed by atoms with van der Waals surface area (Å²) in [6.45, 7) is 2.68. The predicted molar refractivity (Wildman–Crippen MR) is 65.2 cm³/mol. The summed E-state index contributed by atoms with van der Waals surface area (Å²) in [5.74, 6) is -0.647. The van der Waals surface area contributed by atoms with Crippen LogP contribution in [0.4, 0.5) is 0 Å². The first-order chi connectivity index (χ1) is 7.80. The van der Waals surface area contributed by atoms with Gasteiger partial charge in [0.1, 0.15) is 11.4 Å². The second kappa shape index (κ2) is 5.16. The van der Waals surface area contributed by atoms with Crippen LogP contribution >= 0.6 is 11.6 Å². The van der Waals surface area contributed by atoms with Crippen molar-refractivity contribution in [3.63, 3.8) is 0 Å². The second-order valence-corrected chi connectivity index (χ2v) is 4.40. The quantitative estimate of drug-likeness (QED) is 0.563. The van der Waals surface area contributed by atoms with Crippen LogP contribution in [0, 0.1) is 0 Å². The number of rotatable bonds is 3. The molecular weight excluding hydrogens is 244 g/mol. The summed E-state index contributed by atoms with van der Waals surface area (Å²) in [4.78, 5) is 11.2. The lowest BCUT2D eigenvalue weighted by Gasteiger charge is -2.13. The van der Waals surface area contributed by atoms with Crippen molar-refractivity contribution in [2.75, 3.05) is 0 Å². The van der Waals surface area contributed by atoms with E-state index in [4.69, 9.17) is 11.6 Å². The van der Waals surface area contributed by atoms with Crippen LogP contribution in [0.2, 0.25) is 5.02 Å². The van der Waals surface area contributed by atoms with E-state index in [1.807, 2.05) is 0 Å². The van der Waals surface area contributed by atoms with Crippen molar-refractivity contribution in [3.8, 4) is 5.75 Å². The summed E-state index contributed by atoms with van der Waals surface area (Å²) in [7, 11) is 0. The number of hydrogen-bond acceptors (Lipinski definition) is 4. The molecule has 1 aromatic rings. The molecule has 92 valence electrons. The minimum absolute atomic E-state index is 0.00402. The predicted octanol–water partition coefficient (Wildman–Crippen LogP) is 1.27. The van der Waals surface area contributed by atoms with Gasteiger partial charge in [0, 0.05) is 10.6 Å². The molecule has 1 rings (SSSR count). The van der Waals surface area contributed by atoms with Crippen molar-refractivity contribution in [2.24, 2.45) is 5.10 Å². The average Bonchev–Trinajstić information content (AvgIpc) is 2.21. The van der Waals surface area contributed by atoms with Crippen molar-refractivity contribution in [3.05, 3.63) is 28.8 Å². The van der Waals surface area contributed by atoms with E-state index in [1.165, 1.54) is 38.3 Å². The average molecular weight is 257 g/mol. The van der Waals surface area contributed by atoms with E-state index in [2.05, 4.69) is 10.5 Å². The molecule has 5 nitrogen and oxygen atoms in total. The lowest BCUT2D eigenvalue weighted by atomic mass is 10.1. The Morgan fingerprint density at radius 1 is 1.53 bits per heavy atom. The molecule has 0 aliphatic carbocycles. The number of halogens is 1. The fourth-order valence-corrected chi connectivity index (χ4v) is 1.11. The normalized spacial score (nSPS) is 11.8. The smallest absolute Gasteiger partial charge is 0.271 e. The number of nitrogens with zero attached hydrogens (tertiary/aromatic N) is 1. The van der Waals surface area contributed by atoms with E-state index in [9.17, 15) is 15.0 Å². The summed E-state index contributed by atoms with van der Waals surface area (Å²) in [6, 6.07) is 4.45. The Bertz CT molecular complexity index is 453. The van der Waals surface area contributed by atoms with E-state index >= 15 is 0 Å². The van der Waals surface area contributed by atoms with Gasteiger partial charge in [-0.05, 0) is 32.0 Å². The van der Waals surface area contributed by atoms with Gasteiger partial charge in [-0.1, -0.05) is 11.6 Å². The van der Waals surface area contributed by atoms with Crippen molar-refractivity contribution in [1.82, 2.24) is 5.43 Å². The minimum Gasteiger partial charge on any atom is -0.507 e. The Morgan fingerprint density at radius 2 is 2.18 bits per heavy atom. The Hall–Kier alpha value is -1.59. The number of hydrogen-bond donors (Lipinski definition) is 3. The van der Waals surface area contributed by atoms with E-state index in [1.54, 1.807) is 0 Å². The molecular formula is C11H13ClN2O3. The molecule has 17 heavy (non-hydrogen) atoms. The van der Waals surface area contributed by atoms with Gasteiger partial charge in [-0.3, -0.25) is 4.79 Å². The summed E-state index contributed by atoms with van der Waals surface area (Å²) < 4.78 is 0. The van der Waals surface area contributed by atoms with Gasteiger partial charge < -0.3 is 10.2 Å². The summed E-state index contributed by atoms with van der Waals surface area (Å²) in [6.07, 6.45) is 1.24. The summed E-state index contributed by atoms with van der Waals surface area (Å²) in [5, 5.41) is 22.8. The first-order valence-electron chi connectivity index (χ1n) is 4.85. The Kier molecular flexibility index (Phi) is 4.09. The van der Waals surface area contributed by atoms with Crippen LogP contribution in [0.1, 0.15) is 19.4 Å². The summed E-state index contributed by atoms with van der Waals surface area (Å²) >= 11 is 5.73. The van der Waals surface area contributed by atoms with Gasteiger partial charge in [0.25, 0.3) is 5.91 Å². The van der Waals surface area contributed by atoms with Gasteiger partial charge in [-0.2, -0.15) is 5.10 Å². The standard InChI is InChI=1S/C11H13ClN2O3/c1-11(2,17)10(16)14-13-6-7-5-8(12)3-4-9(7)15/h3-6,15,17H,1-2H3,(H,14,16)/b13-6+. The van der Waals surface area contributed by atoms with E-state index in [-0.39, 0.29) is 5.75 Å². The zero-order valence-corrected chi connectivity index (χ0v) is 10.2. The second-order valence-electron chi connectivity index (χ2n) is 3.96. The Morgan fingerprint density at radius 3 is 2.76 bits per heavy atom. The lowest BCUT2D eigenvalue weighted by molar-refractivity contribution is -0.136. The number of hydrazone groups is 1. The Balaban J connectivity index is 2.72. The van der Waals surface area contributed by atoms with Crippen LogP contribution < -0.4 is 5.43 Å². The molecule has 0 spiro atoms. The van der Waals surface area contributed by atoms with E-state index < -0.39 is 11.5 Å². The maximum Gasteiger partial charge on any atom is 0.271 e. The van der Waals surface area contributed by atoms with Crippen LogP contribution in [-0.2, 0) is 4.79 Å². The summed E-state index contributed by atoms with van der Waals surface area (Å²) in [5.41, 5.74) is 1.01. The van der Waals surface area contributed by atoms with E-state index in [0.717, 1.165) is 0 Å². The molecule has 0 fully saturated rings. The number of aliphatic hydroxyl groups is 1. The van der Waals surface area contributed by atoms with Crippen molar-refractivity contribution < 1.29 is 15.0 Å². The zero-order valence-electron chi connectivity index (χ0n) is 9.44. The van der Waals surface area contributed by atoms with Gasteiger partial charge in [0.15, 0.2) is 0 Å². The minimum atomic E-state index is -1.51. The molecule has 3 N–H and O–H groups in total. The van der Waals surface area contributed by atoms with Crippen LogP contribution in [-0.4, -0.2) is 27.9 Å². The molecule has 1 aromatic carbocycles. The Labute approximate surface area is 104 Å². The topological polar surface area (TPSA) is 81.9 Å². The number of aromatic hydroxyl groups is 1. The molecule has 0 aliphatic heterocycles.